The van der Waals surface area contributed by atoms with Gasteiger partial charge in [0.25, 0.3) is 5.69 Å². The number of hydrogen-bond donors (Lipinski definition) is 0. The highest BCUT2D eigenvalue weighted by Gasteiger charge is 2.17. The van der Waals surface area contributed by atoms with Crippen LogP contribution in [0.1, 0.15) is 25.0 Å². The molecule has 0 bridgehead atoms. The van der Waals surface area contributed by atoms with E-state index in [0.29, 0.717) is 5.56 Å². The van der Waals surface area contributed by atoms with Crippen molar-refractivity contribution in [1.82, 2.24) is 0 Å². The molecular weight excluding hydrogens is 302 g/mol. The summed E-state index contributed by atoms with van der Waals surface area (Å²) in [5.41, 5.74) is 0.906. The Balaban J connectivity index is 2.87. The predicted octanol–water partition coefficient (Wildman–Crippen LogP) is 2.83. The quantitative estimate of drug-likeness (QED) is 0.332. The molecule has 0 aliphatic carbocycles. The van der Waals surface area contributed by atoms with Gasteiger partial charge in [0.05, 0.1) is 10.5 Å². The molecule has 7 nitrogen and oxygen atoms in total. The SMILES string of the molecule is C=C(C)C(=O)OCc1ccc(COC(=O)C(=C)C)c([N+](=O)[O-])c1. The van der Waals surface area contributed by atoms with Gasteiger partial charge in [-0.15, -0.1) is 0 Å². The molecule has 0 aliphatic rings. The average Bonchev–Trinajstić information content (AvgIpc) is 2.49. The summed E-state index contributed by atoms with van der Waals surface area (Å²) in [6, 6.07) is 4.28. The lowest BCUT2D eigenvalue weighted by Gasteiger charge is -2.08. The number of carbonyl (C=O) groups excluding carboxylic acids is 2. The predicted molar refractivity (Wildman–Crippen MR) is 82.3 cm³/mol. The van der Waals surface area contributed by atoms with E-state index in [1.54, 1.807) is 6.07 Å². The summed E-state index contributed by atoms with van der Waals surface area (Å²) in [7, 11) is 0. The summed E-state index contributed by atoms with van der Waals surface area (Å²) in [5.74, 6) is -1.20. The Morgan fingerprint density at radius 3 is 2.09 bits per heavy atom. The molecule has 0 radical (unpaired) electrons. The van der Waals surface area contributed by atoms with E-state index in [9.17, 15) is 19.7 Å². The van der Waals surface area contributed by atoms with E-state index < -0.39 is 16.9 Å². The topological polar surface area (TPSA) is 95.7 Å². The van der Waals surface area contributed by atoms with Crippen LogP contribution in [0, 0.1) is 10.1 Å². The number of benzene rings is 1. The van der Waals surface area contributed by atoms with Crippen molar-refractivity contribution in [2.24, 2.45) is 0 Å². The molecule has 0 atom stereocenters. The highest BCUT2D eigenvalue weighted by Crippen LogP contribution is 2.22. The zero-order valence-corrected chi connectivity index (χ0v) is 13.0. The Morgan fingerprint density at radius 1 is 1.09 bits per heavy atom. The van der Waals surface area contributed by atoms with Gasteiger partial charge >= 0.3 is 11.9 Å². The fourth-order valence-electron chi connectivity index (χ4n) is 1.53. The molecule has 1 aromatic rings. The van der Waals surface area contributed by atoms with E-state index in [1.165, 1.54) is 26.0 Å². The van der Waals surface area contributed by atoms with Gasteiger partial charge in [0.15, 0.2) is 0 Å². The molecule has 0 aromatic heterocycles. The number of ether oxygens (including phenoxy) is 2. The molecule has 0 fully saturated rings. The molecule has 0 amide bonds. The molecule has 0 spiro atoms. The first-order valence-electron chi connectivity index (χ1n) is 6.63. The third-order valence-corrected chi connectivity index (χ3v) is 2.77. The monoisotopic (exact) mass is 319 g/mol. The minimum Gasteiger partial charge on any atom is -0.457 e. The summed E-state index contributed by atoms with van der Waals surface area (Å²) < 4.78 is 9.85. The summed E-state index contributed by atoms with van der Waals surface area (Å²) >= 11 is 0. The van der Waals surface area contributed by atoms with Gasteiger partial charge in [-0.05, 0) is 25.5 Å². The normalized spacial score (nSPS) is 9.83. The van der Waals surface area contributed by atoms with Crippen LogP contribution in [0.4, 0.5) is 5.69 Å². The van der Waals surface area contributed by atoms with Crippen LogP contribution >= 0.6 is 0 Å². The second-order valence-electron chi connectivity index (χ2n) is 4.93. The standard InChI is InChI=1S/C16H17NO6/c1-10(2)15(18)22-8-12-5-6-13(14(7-12)17(20)21)9-23-16(19)11(3)4/h5-7H,1,3,8-9H2,2,4H3. The maximum atomic E-state index is 11.3. The molecule has 0 unspecified atom stereocenters. The van der Waals surface area contributed by atoms with Crippen molar-refractivity contribution in [2.75, 3.05) is 0 Å². The molecule has 1 aromatic carbocycles. The first-order valence-corrected chi connectivity index (χ1v) is 6.63. The van der Waals surface area contributed by atoms with E-state index in [-0.39, 0.29) is 35.6 Å². The van der Waals surface area contributed by atoms with Crippen molar-refractivity contribution in [1.29, 1.82) is 0 Å². The summed E-state index contributed by atoms with van der Waals surface area (Å²) in [5, 5.41) is 11.1. The summed E-state index contributed by atoms with van der Waals surface area (Å²) in [6.45, 7) is 9.50. The number of hydrogen-bond acceptors (Lipinski definition) is 6. The van der Waals surface area contributed by atoms with Crippen LogP contribution in [-0.4, -0.2) is 16.9 Å². The van der Waals surface area contributed by atoms with E-state index in [0.717, 1.165) is 0 Å². The van der Waals surface area contributed by atoms with Crippen LogP contribution < -0.4 is 0 Å². The number of rotatable bonds is 7. The van der Waals surface area contributed by atoms with Gasteiger partial charge in [0, 0.05) is 17.2 Å². The first kappa shape index (κ1) is 18.1. The van der Waals surface area contributed by atoms with Crippen LogP contribution in [-0.2, 0) is 32.3 Å². The molecule has 23 heavy (non-hydrogen) atoms. The van der Waals surface area contributed by atoms with Crippen molar-refractivity contribution in [3.8, 4) is 0 Å². The fourth-order valence-corrected chi connectivity index (χ4v) is 1.53. The van der Waals surface area contributed by atoms with Crippen molar-refractivity contribution < 1.29 is 24.0 Å². The minimum absolute atomic E-state index is 0.113. The average molecular weight is 319 g/mol. The lowest BCUT2D eigenvalue weighted by Crippen LogP contribution is -2.08. The minimum atomic E-state index is -0.626. The third-order valence-electron chi connectivity index (χ3n) is 2.77. The van der Waals surface area contributed by atoms with Crippen molar-refractivity contribution in [2.45, 2.75) is 27.1 Å². The maximum Gasteiger partial charge on any atom is 0.333 e. The first-order chi connectivity index (χ1) is 10.7. The van der Waals surface area contributed by atoms with Crippen LogP contribution in [0.15, 0.2) is 42.5 Å². The largest absolute Gasteiger partial charge is 0.457 e. The van der Waals surface area contributed by atoms with Crippen molar-refractivity contribution >= 4 is 17.6 Å². The van der Waals surface area contributed by atoms with Gasteiger partial charge in [-0.3, -0.25) is 10.1 Å². The Labute approximate surface area is 133 Å². The third kappa shape index (κ3) is 5.39. The molecule has 1 rings (SSSR count). The molecule has 0 heterocycles. The lowest BCUT2D eigenvalue weighted by atomic mass is 10.1. The van der Waals surface area contributed by atoms with Gasteiger partial charge in [0.2, 0.25) is 0 Å². The van der Waals surface area contributed by atoms with Crippen LogP contribution in [0.5, 0.6) is 0 Å². The Bertz CT molecular complexity index is 677. The molecular formula is C16H17NO6. The van der Waals surface area contributed by atoms with E-state index >= 15 is 0 Å². The van der Waals surface area contributed by atoms with Gasteiger partial charge in [-0.2, -0.15) is 0 Å². The number of nitro benzene ring substituents is 1. The van der Waals surface area contributed by atoms with Crippen molar-refractivity contribution in [3.63, 3.8) is 0 Å². The van der Waals surface area contributed by atoms with Gasteiger partial charge < -0.3 is 9.47 Å². The molecule has 122 valence electrons. The second-order valence-corrected chi connectivity index (χ2v) is 4.93. The van der Waals surface area contributed by atoms with E-state index in [4.69, 9.17) is 9.47 Å². The molecule has 0 saturated carbocycles. The van der Waals surface area contributed by atoms with Gasteiger partial charge in [-0.25, -0.2) is 9.59 Å². The Hall–Kier alpha value is -2.96. The van der Waals surface area contributed by atoms with Crippen LogP contribution in [0.2, 0.25) is 0 Å². The van der Waals surface area contributed by atoms with Crippen LogP contribution in [0.25, 0.3) is 0 Å². The smallest absolute Gasteiger partial charge is 0.333 e. The number of nitrogens with zero attached hydrogens (tertiary/aromatic N) is 1. The maximum absolute atomic E-state index is 11.3. The molecule has 0 N–H and O–H groups in total. The van der Waals surface area contributed by atoms with Crippen molar-refractivity contribution in [3.05, 3.63) is 63.7 Å². The van der Waals surface area contributed by atoms with Gasteiger partial charge in [-0.1, -0.05) is 19.2 Å². The number of nitro groups is 1. The Morgan fingerprint density at radius 2 is 1.61 bits per heavy atom. The van der Waals surface area contributed by atoms with Gasteiger partial charge in [0.1, 0.15) is 13.2 Å². The highest BCUT2D eigenvalue weighted by molar-refractivity contribution is 5.87. The molecule has 0 saturated heterocycles. The van der Waals surface area contributed by atoms with E-state index in [1.807, 2.05) is 0 Å². The number of carbonyl (C=O) groups is 2. The van der Waals surface area contributed by atoms with E-state index in [2.05, 4.69) is 13.2 Å². The molecule has 7 heteroatoms. The summed E-state index contributed by atoms with van der Waals surface area (Å²) in [4.78, 5) is 33.2. The second kappa shape index (κ2) is 7.88. The summed E-state index contributed by atoms with van der Waals surface area (Å²) in [6.07, 6.45) is 0. The Kier molecular flexibility index (Phi) is 6.20. The molecule has 0 aliphatic heterocycles. The lowest BCUT2D eigenvalue weighted by molar-refractivity contribution is -0.385. The number of esters is 2. The highest BCUT2D eigenvalue weighted by atomic mass is 16.6. The fraction of sp³-hybridized carbons (Fsp3) is 0.250. The zero-order valence-electron chi connectivity index (χ0n) is 13.0. The zero-order chi connectivity index (χ0) is 17.6. The van der Waals surface area contributed by atoms with Crippen LogP contribution in [0.3, 0.4) is 0 Å².